The zero-order valence-corrected chi connectivity index (χ0v) is 23.4. The zero-order valence-electron chi connectivity index (χ0n) is 23.4. The van der Waals surface area contributed by atoms with Crippen LogP contribution in [0.15, 0.2) is 29.4 Å². The van der Waals surface area contributed by atoms with Crippen molar-refractivity contribution in [2.24, 2.45) is 16.4 Å². The molecule has 0 unspecified atom stereocenters. The van der Waals surface area contributed by atoms with Gasteiger partial charge in [-0.3, -0.25) is 4.79 Å². The van der Waals surface area contributed by atoms with Crippen LogP contribution in [0.2, 0.25) is 0 Å². The van der Waals surface area contributed by atoms with Crippen LogP contribution >= 0.6 is 0 Å². The summed E-state index contributed by atoms with van der Waals surface area (Å²) in [7, 11) is 1.71. The molecule has 0 radical (unpaired) electrons. The molecule has 37 heavy (non-hydrogen) atoms. The van der Waals surface area contributed by atoms with Crippen LogP contribution < -0.4 is 16.3 Å². The smallest absolute Gasteiger partial charge is 0.319 e. The van der Waals surface area contributed by atoms with Crippen molar-refractivity contribution in [2.45, 2.75) is 104 Å². The molecule has 2 saturated carbocycles. The van der Waals surface area contributed by atoms with Gasteiger partial charge in [-0.15, -0.1) is 0 Å². The molecule has 1 aliphatic heterocycles. The Bertz CT molecular complexity index is 969. The summed E-state index contributed by atoms with van der Waals surface area (Å²) in [6.07, 6.45) is 10.5. The molecule has 1 saturated heterocycles. The van der Waals surface area contributed by atoms with Gasteiger partial charge in [0.05, 0.1) is 5.54 Å². The molecule has 1 aromatic carbocycles. The lowest BCUT2D eigenvalue weighted by Gasteiger charge is -2.45. The Balaban J connectivity index is 1.50. The van der Waals surface area contributed by atoms with E-state index >= 15 is 0 Å². The van der Waals surface area contributed by atoms with E-state index in [0.29, 0.717) is 35.3 Å². The van der Waals surface area contributed by atoms with Crippen molar-refractivity contribution < 1.29 is 9.59 Å². The van der Waals surface area contributed by atoms with Gasteiger partial charge in [-0.25, -0.2) is 15.8 Å². The van der Waals surface area contributed by atoms with Crippen molar-refractivity contribution in [1.29, 1.82) is 0 Å². The number of carbonyl (C=O) groups excluding carboxylic acids is 2. The molecule has 1 aromatic rings. The number of nitrogens with one attached hydrogen (secondary N) is 3. The lowest BCUT2D eigenvalue weighted by molar-refractivity contribution is 0.0607. The van der Waals surface area contributed by atoms with E-state index in [4.69, 9.17) is 0 Å². The second kappa shape index (κ2) is 11.4. The molecular weight excluding hydrogens is 464 g/mol. The maximum absolute atomic E-state index is 13.9. The van der Waals surface area contributed by atoms with Gasteiger partial charge in [-0.05, 0) is 74.5 Å². The van der Waals surface area contributed by atoms with Gasteiger partial charge >= 0.3 is 6.03 Å². The average Bonchev–Trinajstić information content (AvgIpc) is 3.14. The predicted octanol–water partition coefficient (Wildman–Crippen LogP) is 5.02. The third-order valence-corrected chi connectivity index (χ3v) is 8.86. The van der Waals surface area contributed by atoms with Crippen molar-refractivity contribution >= 4 is 17.8 Å². The summed E-state index contributed by atoms with van der Waals surface area (Å²) < 4.78 is 0. The second-order valence-electron chi connectivity index (χ2n) is 12.4. The van der Waals surface area contributed by atoms with Crippen molar-refractivity contribution in [1.82, 2.24) is 26.1 Å². The monoisotopic (exact) mass is 510 g/mol. The zero-order chi connectivity index (χ0) is 26.6. The number of hydrogen-bond acceptors (Lipinski definition) is 5. The van der Waals surface area contributed by atoms with E-state index in [2.05, 4.69) is 51.9 Å². The average molecular weight is 511 g/mol. The SMILES string of the molecule is CNN/N=C(\C)NC(=O)c1ccc(CN2C(=O)N(C3CCCCC3)CC23CCC(C(C)(C)C)CC3)cc1. The maximum Gasteiger partial charge on any atom is 0.321 e. The van der Waals surface area contributed by atoms with E-state index in [1.807, 2.05) is 24.3 Å². The summed E-state index contributed by atoms with van der Waals surface area (Å²) >= 11 is 0. The molecule has 8 heteroatoms. The summed E-state index contributed by atoms with van der Waals surface area (Å²) in [5, 5.41) is 6.76. The van der Waals surface area contributed by atoms with Crippen LogP contribution in [0, 0.1) is 11.3 Å². The Morgan fingerprint density at radius 3 is 2.30 bits per heavy atom. The van der Waals surface area contributed by atoms with Crippen LogP contribution in [0.1, 0.15) is 101 Å². The standard InChI is InChI=1S/C29H46N6O2/c1-21(32-33-30-5)31-26(36)23-13-11-22(12-14-23)19-35-27(37)34(25-9-7-6-8-10-25)20-29(35)17-15-24(16-18-29)28(2,3)4/h11-14,24-25,30,33H,6-10,15-20H2,1-5H3,(H,31,32,36). The first kappa shape index (κ1) is 27.4. The van der Waals surface area contributed by atoms with Crippen LogP contribution in [-0.2, 0) is 6.54 Å². The van der Waals surface area contributed by atoms with Crippen LogP contribution in [0.25, 0.3) is 0 Å². The van der Waals surface area contributed by atoms with Gasteiger partial charge in [-0.1, -0.05) is 52.2 Å². The van der Waals surface area contributed by atoms with Gasteiger partial charge in [0, 0.05) is 31.7 Å². The van der Waals surface area contributed by atoms with Gasteiger partial charge in [-0.2, -0.15) is 5.10 Å². The summed E-state index contributed by atoms with van der Waals surface area (Å²) in [6.45, 7) is 10.2. The Morgan fingerprint density at radius 2 is 1.70 bits per heavy atom. The highest BCUT2D eigenvalue weighted by Gasteiger charge is 2.53. The first-order valence-corrected chi connectivity index (χ1v) is 14.1. The molecule has 1 heterocycles. The molecule has 3 amide bonds. The molecule has 4 rings (SSSR count). The summed E-state index contributed by atoms with van der Waals surface area (Å²) in [5.41, 5.74) is 7.15. The largest absolute Gasteiger partial charge is 0.321 e. The number of rotatable bonds is 6. The molecule has 0 bridgehead atoms. The lowest BCUT2D eigenvalue weighted by atomic mass is 9.67. The third kappa shape index (κ3) is 6.28. The highest BCUT2D eigenvalue weighted by molar-refractivity contribution is 6.05. The molecule has 0 aromatic heterocycles. The van der Waals surface area contributed by atoms with Gasteiger partial charge in [0.15, 0.2) is 0 Å². The fourth-order valence-corrected chi connectivity index (χ4v) is 6.54. The molecular formula is C29H46N6O2. The fourth-order valence-electron chi connectivity index (χ4n) is 6.54. The number of nitrogens with zero attached hydrogens (tertiary/aromatic N) is 3. The topological polar surface area (TPSA) is 89.1 Å². The summed E-state index contributed by atoms with van der Waals surface area (Å²) in [6, 6.07) is 8.25. The summed E-state index contributed by atoms with van der Waals surface area (Å²) in [4.78, 5) is 30.9. The van der Waals surface area contributed by atoms with Crippen molar-refractivity contribution in [2.75, 3.05) is 13.6 Å². The molecule has 1 spiro atoms. The van der Waals surface area contributed by atoms with Crippen molar-refractivity contribution in [3.8, 4) is 0 Å². The number of urea groups is 1. The van der Waals surface area contributed by atoms with E-state index in [9.17, 15) is 9.59 Å². The number of hydrazone groups is 1. The Labute approximate surface area is 222 Å². The van der Waals surface area contributed by atoms with Gasteiger partial charge in [0.2, 0.25) is 0 Å². The van der Waals surface area contributed by atoms with Crippen LogP contribution in [0.3, 0.4) is 0 Å². The minimum Gasteiger partial charge on any atom is -0.319 e. The first-order chi connectivity index (χ1) is 17.6. The predicted molar refractivity (Wildman–Crippen MR) is 148 cm³/mol. The van der Waals surface area contributed by atoms with Crippen LogP contribution in [-0.4, -0.2) is 52.7 Å². The number of carbonyl (C=O) groups is 2. The molecule has 204 valence electrons. The van der Waals surface area contributed by atoms with Crippen LogP contribution in [0.4, 0.5) is 4.79 Å². The van der Waals surface area contributed by atoms with Gasteiger partial charge in [0.25, 0.3) is 5.91 Å². The van der Waals surface area contributed by atoms with E-state index in [1.165, 1.54) is 32.1 Å². The second-order valence-corrected chi connectivity index (χ2v) is 12.4. The van der Waals surface area contributed by atoms with E-state index < -0.39 is 0 Å². The highest BCUT2D eigenvalue weighted by Crippen LogP contribution is 2.47. The van der Waals surface area contributed by atoms with E-state index in [-0.39, 0.29) is 17.5 Å². The first-order valence-electron chi connectivity index (χ1n) is 14.1. The fraction of sp³-hybridized carbons (Fsp3) is 0.690. The summed E-state index contributed by atoms with van der Waals surface area (Å²) in [5.74, 6) is 0.969. The minimum atomic E-state index is -0.205. The number of amides is 3. The number of amidine groups is 1. The molecule has 8 nitrogen and oxygen atoms in total. The molecule has 0 atom stereocenters. The molecule has 3 aliphatic rings. The Kier molecular flexibility index (Phi) is 8.46. The molecule has 3 N–H and O–H groups in total. The number of hydrazine groups is 1. The van der Waals surface area contributed by atoms with Crippen molar-refractivity contribution in [3.63, 3.8) is 0 Å². The highest BCUT2D eigenvalue weighted by atomic mass is 16.2. The maximum atomic E-state index is 13.9. The normalized spacial score (nSPS) is 25.6. The van der Waals surface area contributed by atoms with Crippen molar-refractivity contribution in [3.05, 3.63) is 35.4 Å². The third-order valence-electron chi connectivity index (χ3n) is 8.86. The van der Waals surface area contributed by atoms with Crippen LogP contribution in [0.5, 0.6) is 0 Å². The Morgan fingerprint density at radius 1 is 1.05 bits per heavy atom. The van der Waals surface area contributed by atoms with Gasteiger partial charge in [0.1, 0.15) is 5.84 Å². The van der Waals surface area contributed by atoms with Gasteiger partial charge < -0.3 is 15.1 Å². The van der Waals surface area contributed by atoms with E-state index in [0.717, 1.165) is 37.8 Å². The minimum absolute atomic E-state index is 0.0831. The molecule has 3 fully saturated rings. The number of benzene rings is 1. The molecule has 2 aliphatic carbocycles. The number of hydrogen-bond donors (Lipinski definition) is 3. The lowest BCUT2D eigenvalue weighted by Crippen LogP contribution is -2.50. The quantitative estimate of drug-likeness (QED) is 0.285. The Hall–Kier alpha value is -2.61. The van der Waals surface area contributed by atoms with E-state index in [1.54, 1.807) is 14.0 Å².